The standard InChI is InChI=1S/C66H105N13O15S3/c1-8-53(81)50-37-95-40-58(86)74-49(21-12-13-27-69-56(84)22-14-23-57(85)70-29-24-43(19-15-26-65(4,5)41(2)78-93)25-30-73-66(6,7)42(3)79-94)63(92)77-52-39-97-96-38-51(55(83)34-46(61(90)75-50)31-44-17-10-9-11-18-44)76-62(91)47(35-59(87)88)32-48(80)36-72-60(89)45(33-54(52)82)20-16-28-71-64(67)68/h9-11,17-18,43,45-47,49-52,73,93-94H,8,12-16,19-40H2,1-7H3,(H,69,84)(H,70,85)(H,72,89)(H,74,86)(H,75,90)(H,76,91)(H,77,92)(H,87,88)(H4,67,68,71)/b78-41-,79-42-/t43?,45-,46-,47+,49+,50+,51+,52+/m1/s1. The highest BCUT2D eigenvalue weighted by molar-refractivity contribution is 8.76. The molecule has 0 aromatic heterocycles. The average molecular weight is 1420 g/mol. The SMILES string of the molecule is CCC(=O)[C@@H]1CSCC(=O)N[C@@H](CCCCNC(=O)CCCC(=O)NCCC(CCCC(C)(C)/C(C)=N\O)CCNC(C)(C)/C(C)=N\O)C(=O)N[C@H]2CSSC[C@H](NC(=O)[C@H](CC(=O)O)CC(=O)CNC(=O)[C@H](CCCNC(=N)N)CC2=O)C(=O)C[C@@H](Cc2ccccc2)C(=O)N1. The van der Waals surface area contributed by atoms with E-state index in [2.05, 4.69) is 58.2 Å². The van der Waals surface area contributed by atoms with Crippen LogP contribution >= 0.6 is 33.3 Å². The van der Waals surface area contributed by atoms with Crippen LogP contribution in [0.15, 0.2) is 40.6 Å². The second kappa shape index (κ2) is 44.7. The fourth-order valence-corrected chi connectivity index (χ4v) is 14.1. The molecule has 7 amide bonds. The Morgan fingerprint density at radius 1 is 0.670 bits per heavy atom. The molecular weight excluding hydrogens is 1310 g/mol. The van der Waals surface area contributed by atoms with Gasteiger partial charge in [0.05, 0.1) is 59.7 Å². The van der Waals surface area contributed by atoms with Gasteiger partial charge in [0.1, 0.15) is 6.04 Å². The van der Waals surface area contributed by atoms with E-state index in [1.165, 1.54) is 0 Å². The number of oxime groups is 2. The Hall–Kier alpha value is -7.12. The van der Waals surface area contributed by atoms with Crippen LogP contribution in [0.25, 0.3) is 0 Å². The predicted octanol–water partition coefficient (Wildman–Crippen LogP) is 4.10. The molecule has 1 aromatic rings. The number of nitrogens with one attached hydrogen (secondary N) is 10. The topological polar surface area (TPSA) is 448 Å². The number of hydrogen-bond donors (Lipinski definition) is 14. The molecule has 1 unspecified atom stereocenters. The van der Waals surface area contributed by atoms with Gasteiger partial charge in [-0.2, -0.15) is 0 Å². The number of aliphatic carboxylic acids is 1. The van der Waals surface area contributed by atoms with E-state index in [4.69, 9.17) is 11.1 Å². The van der Waals surface area contributed by atoms with Crippen LogP contribution < -0.4 is 53.6 Å². The van der Waals surface area contributed by atoms with Gasteiger partial charge in [-0.15, -0.1) is 11.8 Å². The summed E-state index contributed by atoms with van der Waals surface area (Å²) >= 11 is 1.00. The minimum atomic E-state index is -1.50. The molecule has 0 spiro atoms. The summed E-state index contributed by atoms with van der Waals surface area (Å²) in [7, 11) is 2.04. The molecule has 2 aliphatic rings. The van der Waals surface area contributed by atoms with Crippen LogP contribution in [0.2, 0.25) is 0 Å². The number of benzene rings is 1. The first kappa shape index (κ1) is 84.1. The molecule has 2 fully saturated rings. The molecule has 31 heteroatoms. The third kappa shape index (κ3) is 33.3. The number of hydrogen-bond acceptors (Lipinski definition) is 21. The largest absolute Gasteiger partial charge is 0.481 e. The second-order valence-electron chi connectivity index (χ2n) is 26.1. The van der Waals surface area contributed by atoms with Gasteiger partial charge in [-0.3, -0.25) is 62.9 Å². The van der Waals surface area contributed by atoms with Gasteiger partial charge in [0.25, 0.3) is 0 Å². The van der Waals surface area contributed by atoms with Gasteiger partial charge in [-0.05, 0) is 110 Å². The van der Waals surface area contributed by atoms with Crippen molar-refractivity contribution in [1.82, 2.24) is 47.9 Å². The fraction of sp³-hybridized carbons (Fsp3) is 0.682. The first-order chi connectivity index (χ1) is 46.0. The van der Waals surface area contributed by atoms with Gasteiger partial charge >= 0.3 is 5.97 Å². The number of thioether (sulfide) groups is 1. The number of guanidine groups is 1. The summed E-state index contributed by atoms with van der Waals surface area (Å²) in [5, 5.41) is 68.3. The molecule has 2 aliphatic heterocycles. The van der Waals surface area contributed by atoms with E-state index in [1.807, 2.05) is 27.7 Å². The van der Waals surface area contributed by atoms with Crippen LogP contribution in [-0.2, 0) is 64.0 Å². The Balaban J connectivity index is 1.86. The summed E-state index contributed by atoms with van der Waals surface area (Å²) in [6.45, 7) is 13.8. The molecule has 3 rings (SSSR count). The van der Waals surface area contributed by atoms with Crippen molar-refractivity contribution in [3.8, 4) is 0 Å². The third-order valence-corrected chi connectivity index (χ3v) is 21.0. The highest BCUT2D eigenvalue weighted by Crippen LogP contribution is 2.30. The van der Waals surface area contributed by atoms with Crippen LogP contribution in [0.4, 0.5) is 0 Å². The minimum absolute atomic E-state index is 0.000418. The average Bonchev–Trinajstić information content (AvgIpc) is 1.38. The number of fused-ring (bicyclic) bond motifs is 5. The maximum absolute atomic E-state index is 14.6. The predicted molar refractivity (Wildman–Crippen MR) is 375 cm³/mol. The van der Waals surface area contributed by atoms with Crippen molar-refractivity contribution in [1.29, 1.82) is 5.41 Å². The zero-order chi connectivity index (χ0) is 72.1. The smallest absolute Gasteiger partial charge is 0.304 e. The molecule has 2 heterocycles. The molecule has 15 N–H and O–H groups in total. The number of nitrogens with two attached hydrogens (primary N) is 1. The van der Waals surface area contributed by atoms with E-state index in [1.54, 1.807) is 51.1 Å². The lowest BCUT2D eigenvalue weighted by molar-refractivity contribution is -0.142. The number of carbonyl (C=O) groups is 12. The monoisotopic (exact) mass is 1420 g/mol. The number of unbranched alkanes of at least 4 members (excludes halogenated alkanes) is 1. The van der Waals surface area contributed by atoms with Crippen molar-refractivity contribution in [3.63, 3.8) is 0 Å². The molecule has 2 saturated heterocycles. The van der Waals surface area contributed by atoms with Crippen molar-refractivity contribution in [2.75, 3.05) is 55.7 Å². The molecule has 2 bridgehead atoms. The van der Waals surface area contributed by atoms with Crippen LogP contribution in [0.1, 0.15) is 170 Å². The summed E-state index contributed by atoms with van der Waals surface area (Å²) in [5.74, 6) is -12.6. The first-order valence-electron chi connectivity index (χ1n) is 33.4. The molecule has 8 atom stereocenters. The zero-order valence-corrected chi connectivity index (χ0v) is 59.7. The number of nitrogens with zero attached hydrogens (tertiary/aromatic N) is 2. The van der Waals surface area contributed by atoms with Crippen molar-refractivity contribution in [2.45, 2.75) is 200 Å². The van der Waals surface area contributed by atoms with E-state index < -0.39 is 133 Å². The first-order valence-corrected chi connectivity index (χ1v) is 37.0. The highest BCUT2D eigenvalue weighted by Gasteiger charge is 2.36. The van der Waals surface area contributed by atoms with Gasteiger partial charge in [0.2, 0.25) is 41.4 Å². The maximum atomic E-state index is 14.6. The molecule has 1 aromatic carbocycles. The molecule has 0 radical (unpaired) electrons. The highest BCUT2D eigenvalue weighted by atomic mass is 33.1. The molecule has 28 nitrogen and oxygen atoms in total. The van der Waals surface area contributed by atoms with Gasteiger partial charge < -0.3 is 69.1 Å². The number of carboxylic acid groups (broad SMARTS) is 1. The van der Waals surface area contributed by atoms with Crippen LogP contribution in [0.3, 0.4) is 0 Å². The molecule has 0 saturated carbocycles. The van der Waals surface area contributed by atoms with Crippen molar-refractivity contribution >= 4 is 121 Å². The van der Waals surface area contributed by atoms with E-state index in [9.17, 15) is 73.1 Å². The van der Waals surface area contributed by atoms with Gasteiger partial charge in [0.15, 0.2) is 29.1 Å². The summed E-state index contributed by atoms with van der Waals surface area (Å²) in [6.07, 6.45) is 2.97. The quantitative estimate of drug-likeness (QED) is 0.0121. The van der Waals surface area contributed by atoms with Gasteiger partial charge in [-0.25, -0.2) is 0 Å². The fourth-order valence-electron chi connectivity index (χ4n) is 10.8. The summed E-state index contributed by atoms with van der Waals surface area (Å²) in [5.41, 5.74) is 6.53. The Kier molecular flexibility index (Phi) is 38.8. The minimum Gasteiger partial charge on any atom is -0.481 e. The van der Waals surface area contributed by atoms with E-state index in [0.717, 1.165) is 59.0 Å². The number of carbonyl (C=O) groups excluding carboxylic acids is 11. The maximum Gasteiger partial charge on any atom is 0.304 e. The molecule has 97 heavy (non-hydrogen) atoms. The second-order valence-corrected chi connectivity index (χ2v) is 29.6. The third-order valence-electron chi connectivity index (χ3n) is 17.6. The summed E-state index contributed by atoms with van der Waals surface area (Å²) in [4.78, 5) is 165. The van der Waals surface area contributed by atoms with Crippen LogP contribution in [0.5, 0.6) is 0 Å². The normalized spacial score (nSPS) is 21.9. The van der Waals surface area contributed by atoms with E-state index >= 15 is 0 Å². The zero-order valence-electron chi connectivity index (χ0n) is 57.2. The van der Waals surface area contributed by atoms with Crippen LogP contribution in [0, 0.1) is 34.5 Å². The Bertz CT molecular complexity index is 2850. The van der Waals surface area contributed by atoms with E-state index in [0.29, 0.717) is 42.9 Å². The lowest BCUT2D eigenvalue weighted by Gasteiger charge is -2.28. The molecule has 542 valence electrons. The number of amides is 7. The Morgan fingerprint density at radius 3 is 1.89 bits per heavy atom. The Morgan fingerprint density at radius 2 is 1.27 bits per heavy atom. The number of ketones is 4. The van der Waals surface area contributed by atoms with Crippen molar-refractivity contribution in [2.24, 2.45) is 45.1 Å². The lowest BCUT2D eigenvalue weighted by atomic mass is 9.81. The van der Waals surface area contributed by atoms with Gasteiger partial charge in [0, 0.05) is 92.7 Å². The van der Waals surface area contributed by atoms with Crippen molar-refractivity contribution < 1.29 is 73.1 Å². The number of Topliss-reactive ketones (excluding diaryl/α,β-unsaturated/α-hetero) is 4. The van der Waals surface area contributed by atoms with Crippen molar-refractivity contribution in [3.05, 3.63) is 35.9 Å². The summed E-state index contributed by atoms with van der Waals surface area (Å²) in [6, 6.07) is 3.64. The number of carboxylic acids is 1. The molecule has 0 aliphatic carbocycles. The number of rotatable bonds is 32. The lowest BCUT2D eigenvalue weighted by Crippen LogP contribution is -2.53. The Labute approximate surface area is 581 Å². The molecular formula is C66H105N13O15S3. The van der Waals surface area contributed by atoms with Crippen LogP contribution in [-0.4, -0.2) is 189 Å². The van der Waals surface area contributed by atoms with E-state index in [-0.39, 0.29) is 129 Å². The summed E-state index contributed by atoms with van der Waals surface area (Å²) < 4.78 is 0. The van der Waals surface area contributed by atoms with Gasteiger partial charge in [-0.1, -0.05) is 95.8 Å².